The minimum absolute atomic E-state index is 0.716. The second-order valence-electron chi connectivity index (χ2n) is 6.77. The summed E-state index contributed by atoms with van der Waals surface area (Å²) in [5.74, 6) is 1.47. The van der Waals surface area contributed by atoms with Gasteiger partial charge in [0, 0.05) is 23.0 Å². The lowest BCUT2D eigenvalue weighted by molar-refractivity contribution is 1.06. The van der Waals surface area contributed by atoms with E-state index in [1.165, 1.54) is 11.3 Å². The molecule has 6 nitrogen and oxygen atoms in total. The third kappa shape index (κ3) is 4.60. The molecule has 0 spiro atoms. The predicted octanol–water partition coefficient (Wildman–Crippen LogP) is 6.52. The van der Waals surface area contributed by atoms with Crippen LogP contribution in [0.4, 0.5) is 22.3 Å². The minimum atomic E-state index is 0.716. The topological polar surface area (TPSA) is 75.6 Å². The summed E-state index contributed by atoms with van der Waals surface area (Å²) in [5.41, 5.74) is 3.79. The number of hydrogen-bond donors (Lipinski definition) is 2. The summed E-state index contributed by atoms with van der Waals surface area (Å²) in [5, 5.41) is 19.0. The first-order valence-corrected chi connectivity index (χ1v) is 11.4. The summed E-state index contributed by atoms with van der Waals surface area (Å²) in [6.45, 7) is 1.90. The highest BCUT2D eigenvalue weighted by Crippen LogP contribution is 2.32. The van der Waals surface area contributed by atoms with E-state index in [9.17, 15) is 0 Å². The molecular formula is C23H18N6S2. The molecule has 0 aliphatic carbocycles. The number of aromatic nitrogens is 4. The standard InChI is InChI=1S/C23H18N6S2/c1-15-24-19(16-7-3-2-4-8-16)14-21(25-15)26-17-9-5-10-18(13-17)27-23-29-28-22(31-23)20-11-6-12-30-20/h2-14H,1H3,(H,27,29)(H,24,25,26). The molecule has 0 saturated carbocycles. The Hall–Kier alpha value is -3.62. The van der Waals surface area contributed by atoms with Crippen LogP contribution in [0.25, 0.3) is 21.1 Å². The molecule has 0 aliphatic rings. The molecule has 3 heterocycles. The van der Waals surface area contributed by atoms with Crippen LogP contribution in [-0.2, 0) is 0 Å². The molecular weight excluding hydrogens is 424 g/mol. The van der Waals surface area contributed by atoms with E-state index in [0.29, 0.717) is 5.82 Å². The normalized spacial score (nSPS) is 10.7. The molecule has 0 unspecified atom stereocenters. The molecule has 0 atom stereocenters. The van der Waals surface area contributed by atoms with Crippen molar-refractivity contribution in [2.75, 3.05) is 10.6 Å². The SMILES string of the molecule is Cc1nc(Nc2cccc(Nc3nnc(-c4cccs4)s3)c2)cc(-c2ccccc2)n1. The van der Waals surface area contributed by atoms with Crippen molar-refractivity contribution >= 4 is 45.0 Å². The van der Waals surface area contributed by atoms with E-state index in [0.717, 1.165) is 43.5 Å². The molecule has 152 valence electrons. The Bertz CT molecular complexity index is 1300. The average molecular weight is 443 g/mol. The van der Waals surface area contributed by atoms with Crippen LogP contribution >= 0.6 is 22.7 Å². The van der Waals surface area contributed by atoms with Crippen molar-refractivity contribution < 1.29 is 0 Å². The van der Waals surface area contributed by atoms with Crippen LogP contribution in [0.1, 0.15) is 5.82 Å². The number of thiophene rings is 1. The van der Waals surface area contributed by atoms with E-state index in [4.69, 9.17) is 0 Å². The summed E-state index contributed by atoms with van der Waals surface area (Å²) >= 11 is 3.19. The van der Waals surface area contributed by atoms with Crippen molar-refractivity contribution in [2.24, 2.45) is 0 Å². The molecule has 2 N–H and O–H groups in total. The average Bonchev–Trinajstić information content (AvgIpc) is 3.46. The molecule has 31 heavy (non-hydrogen) atoms. The number of nitrogens with one attached hydrogen (secondary N) is 2. The number of nitrogens with zero attached hydrogens (tertiary/aromatic N) is 4. The first-order chi connectivity index (χ1) is 15.2. The van der Waals surface area contributed by atoms with Crippen molar-refractivity contribution in [1.82, 2.24) is 20.2 Å². The zero-order valence-corrected chi connectivity index (χ0v) is 18.2. The van der Waals surface area contributed by atoms with Gasteiger partial charge in [0.05, 0.1) is 10.6 Å². The Morgan fingerprint density at radius 3 is 2.42 bits per heavy atom. The van der Waals surface area contributed by atoms with Gasteiger partial charge in [0.1, 0.15) is 11.6 Å². The number of rotatable bonds is 6. The fourth-order valence-electron chi connectivity index (χ4n) is 3.11. The maximum absolute atomic E-state index is 4.57. The monoisotopic (exact) mass is 442 g/mol. The maximum Gasteiger partial charge on any atom is 0.210 e. The number of anilines is 4. The third-order valence-corrected chi connectivity index (χ3v) is 6.33. The number of hydrogen-bond acceptors (Lipinski definition) is 8. The van der Waals surface area contributed by atoms with E-state index in [1.807, 2.05) is 85.1 Å². The largest absolute Gasteiger partial charge is 0.340 e. The number of benzene rings is 2. The van der Waals surface area contributed by atoms with Gasteiger partial charge in [-0.25, -0.2) is 9.97 Å². The highest BCUT2D eigenvalue weighted by atomic mass is 32.1. The van der Waals surface area contributed by atoms with Crippen LogP contribution in [-0.4, -0.2) is 20.2 Å². The molecule has 8 heteroatoms. The van der Waals surface area contributed by atoms with Crippen molar-refractivity contribution in [3.05, 3.63) is 84.0 Å². The van der Waals surface area contributed by atoms with Gasteiger partial charge in [-0.2, -0.15) is 0 Å². The van der Waals surface area contributed by atoms with Gasteiger partial charge in [-0.15, -0.1) is 21.5 Å². The van der Waals surface area contributed by atoms with Crippen LogP contribution in [0, 0.1) is 6.92 Å². The Morgan fingerprint density at radius 2 is 1.61 bits per heavy atom. The van der Waals surface area contributed by atoms with E-state index in [2.05, 4.69) is 30.8 Å². The van der Waals surface area contributed by atoms with Gasteiger partial charge in [0.25, 0.3) is 0 Å². The van der Waals surface area contributed by atoms with Crippen LogP contribution < -0.4 is 10.6 Å². The summed E-state index contributed by atoms with van der Waals surface area (Å²) in [7, 11) is 0. The first-order valence-electron chi connectivity index (χ1n) is 9.65. The first kappa shape index (κ1) is 19.3. The Kier molecular flexibility index (Phi) is 5.39. The molecule has 0 fully saturated rings. The Morgan fingerprint density at radius 1 is 0.774 bits per heavy atom. The van der Waals surface area contributed by atoms with Gasteiger partial charge in [-0.05, 0) is 36.6 Å². The zero-order valence-electron chi connectivity index (χ0n) is 16.6. The van der Waals surface area contributed by atoms with E-state index in [1.54, 1.807) is 11.3 Å². The van der Waals surface area contributed by atoms with Gasteiger partial charge in [-0.3, -0.25) is 0 Å². The van der Waals surface area contributed by atoms with Crippen molar-refractivity contribution in [1.29, 1.82) is 0 Å². The fraction of sp³-hybridized carbons (Fsp3) is 0.0435. The van der Waals surface area contributed by atoms with Crippen LogP contribution in [0.2, 0.25) is 0 Å². The van der Waals surface area contributed by atoms with Crippen molar-refractivity contribution in [3.8, 4) is 21.1 Å². The molecule has 0 amide bonds. The summed E-state index contributed by atoms with van der Waals surface area (Å²) in [6.07, 6.45) is 0. The Labute approximate surface area is 187 Å². The highest BCUT2D eigenvalue weighted by Gasteiger charge is 2.09. The minimum Gasteiger partial charge on any atom is -0.340 e. The zero-order chi connectivity index (χ0) is 21.0. The molecule has 2 aromatic carbocycles. The van der Waals surface area contributed by atoms with Crippen molar-refractivity contribution in [2.45, 2.75) is 6.92 Å². The summed E-state index contributed by atoms with van der Waals surface area (Å²) < 4.78 is 0. The van der Waals surface area contributed by atoms with Gasteiger partial charge in [0.2, 0.25) is 5.13 Å². The van der Waals surface area contributed by atoms with Crippen LogP contribution in [0.3, 0.4) is 0 Å². The molecule has 0 radical (unpaired) electrons. The third-order valence-electron chi connectivity index (χ3n) is 4.45. The number of aryl methyl sites for hydroxylation is 1. The molecule has 0 saturated heterocycles. The summed E-state index contributed by atoms with van der Waals surface area (Å²) in [6, 6.07) is 24.1. The van der Waals surface area contributed by atoms with E-state index in [-0.39, 0.29) is 0 Å². The second-order valence-corrected chi connectivity index (χ2v) is 8.70. The summed E-state index contributed by atoms with van der Waals surface area (Å²) in [4.78, 5) is 10.2. The van der Waals surface area contributed by atoms with Gasteiger partial charge in [-0.1, -0.05) is 53.8 Å². The Balaban J connectivity index is 1.35. The maximum atomic E-state index is 4.57. The quantitative estimate of drug-likeness (QED) is 0.312. The van der Waals surface area contributed by atoms with Crippen molar-refractivity contribution in [3.63, 3.8) is 0 Å². The van der Waals surface area contributed by atoms with E-state index >= 15 is 0 Å². The molecule has 5 aromatic rings. The van der Waals surface area contributed by atoms with Gasteiger partial charge in [0.15, 0.2) is 5.01 Å². The van der Waals surface area contributed by atoms with E-state index < -0.39 is 0 Å². The predicted molar refractivity (Wildman–Crippen MR) is 128 cm³/mol. The molecule has 5 rings (SSSR count). The molecule has 0 aliphatic heterocycles. The van der Waals surface area contributed by atoms with Crippen LogP contribution in [0.15, 0.2) is 78.2 Å². The smallest absolute Gasteiger partial charge is 0.210 e. The highest BCUT2D eigenvalue weighted by molar-refractivity contribution is 7.22. The lowest BCUT2D eigenvalue weighted by atomic mass is 10.1. The second kappa shape index (κ2) is 8.63. The van der Waals surface area contributed by atoms with Gasteiger partial charge < -0.3 is 10.6 Å². The fourth-order valence-corrected chi connectivity index (χ4v) is 4.66. The van der Waals surface area contributed by atoms with Gasteiger partial charge >= 0.3 is 0 Å². The lowest BCUT2D eigenvalue weighted by Crippen LogP contribution is -1.99. The molecule has 3 aromatic heterocycles. The lowest BCUT2D eigenvalue weighted by Gasteiger charge is -2.10. The molecule has 0 bridgehead atoms. The van der Waals surface area contributed by atoms with Crippen LogP contribution in [0.5, 0.6) is 0 Å².